The number of thiazole rings is 1. The van der Waals surface area contributed by atoms with Gasteiger partial charge in [0.15, 0.2) is 9.34 Å². The van der Waals surface area contributed by atoms with E-state index in [1.807, 2.05) is 17.5 Å². The minimum Gasteiger partial charge on any atom is -0.302 e. The second kappa shape index (κ2) is 6.59. The molecule has 1 fully saturated rings. The molecular weight excluding hydrogens is 372 g/mol. The van der Waals surface area contributed by atoms with Crippen LogP contribution in [0.2, 0.25) is 0 Å². The van der Waals surface area contributed by atoms with Crippen molar-refractivity contribution in [2.24, 2.45) is 0 Å². The van der Waals surface area contributed by atoms with E-state index in [9.17, 15) is 18.0 Å². The van der Waals surface area contributed by atoms with Gasteiger partial charge in [-0.05, 0) is 17.5 Å². The summed E-state index contributed by atoms with van der Waals surface area (Å²) in [7, 11) is -3.81. The quantitative estimate of drug-likeness (QED) is 0.851. The van der Waals surface area contributed by atoms with Crippen molar-refractivity contribution < 1.29 is 18.0 Å². The number of thiophene rings is 1. The predicted octanol–water partition coefficient (Wildman–Crippen LogP) is 1.20. The fourth-order valence-corrected chi connectivity index (χ4v) is 5.61. The topological polar surface area (TPSA) is 99.7 Å². The zero-order valence-corrected chi connectivity index (χ0v) is 15.1. The van der Waals surface area contributed by atoms with Gasteiger partial charge >= 0.3 is 0 Å². The van der Waals surface area contributed by atoms with Crippen molar-refractivity contribution in [3.63, 3.8) is 0 Å². The Balaban J connectivity index is 1.75. The lowest BCUT2D eigenvalue weighted by atomic mass is 10.3. The summed E-state index contributed by atoms with van der Waals surface area (Å²) in [5.74, 6) is -0.591. The molecule has 1 N–H and O–H groups in total. The van der Waals surface area contributed by atoms with Crippen LogP contribution in [0.1, 0.15) is 6.92 Å². The van der Waals surface area contributed by atoms with Crippen molar-refractivity contribution in [2.45, 2.75) is 11.1 Å². The third-order valence-electron chi connectivity index (χ3n) is 3.32. The summed E-state index contributed by atoms with van der Waals surface area (Å²) in [5.41, 5.74) is 0. The molecule has 3 heterocycles. The van der Waals surface area contributed by atoms with Gasteiger partial charge < -0.3 is 10.2 Å². The van der Waals surface area contributed by atoms with Gasteiger partial charge in [0, 0.05) is 20.0 Å². The van der Waals surface area contributed by atoms with Crippen LogP contribution in [0.25, 0.3) is 0 Å². The smallest absolute Gasteiger partial charge is 0.254 e. The number of rotatable bonds is 4. The molecule has 0 unspecified atom stereocenters. The van der Waals surface area contributed by atoms with Crippen LogP contribution >= 0.6 is 22.7 Å². The number of sulfonamides is 1. The Hall–Kier alpha value is -1.82. The van der Waals surface area contributed by atoms with Crippen molar-refractivity contribution in [2.75, 3.05) is 29.9 Å². The molecule has 3 rings (SSSR count). The monoisotopic (exact) mass is 386 g/mol. The van der Waals surface area contributed by atoms with Crippen LogP contribution in [0.4, 0.5) is 10.1 Å². The highest BCUT2D eigenvalue weighted by atomic mass is 32.2. The molecule has 2 aromatic rings. The number of nitrogens with one attached hydrogen (secondary N) is 1. The number of piperazine rings is 1. The van der Waals surface area contributed by atoms with Crippen LogP contribution in [0.3, 0.4) is 0 Å². The Morgan fingerprint density at radius 3 is 2.79 bits per heavy atom. The average Bonchev–Trinajstić information content (AvgIpc) is 3.18. The number of carbonyl (C=O) groups is 2. The van der Waals surface area contributed by atoms with Crippen molar-refractivity contribution >= 4 is 54.6 Å². The molecule has 2 amide bonds. The Kier molecular flexibility index (Phi) is 4.67. The molecule has 1 saturated heterocycles. The van der Waals surface area contributed by atoms with E-state index in [2.05, 4.69) is 10.3 Å². The molecule has 1 aliphatic heterocycles. The number of hydrogen-bond donors (Lipinski definition) is 1. The van der Waals surface area contributed by atoms with Crippen molar-refractivity contribution in [3.05, 3.63) is 23.7 Å². The second-order valence-electron chi connectivity index (χ2n) is 5.00. The van der Waals surface area contributed by atoms with Gasteiger partial charge in [-0.25, -0.2) is 13.4 Å². The minimum atomic E-state index is -3.81. The highest BCUT2D eigenvalue weighted by Gasteiger charge is 2.34. The maximum atomic E-state index is 12.6. The molecule has 0 atom stereocenters. The molecule has 24 heavy (non-hydrogen) atoms. The largest absolute Gasteiger partial charge is 0.302 e. The molecule has 8 nitrogen and oxygen atoms in total. The van der Waals surface area contributed by atoms with Crippen LogP contribution in [-0.4, -0.2) is 49.2 Å². The lowest BCUT2D eigenvalue weighted by Gasteiger charge is -2.32. The van der Waals surface area contributed by atoms with Crippen LogP contribution in [0, 0.1) is 0 Å². The SMILES string of the molecule is CC(=O)Nc1ncc(S(=O)(=O)N2CCN(c3cccs3)C(=O)C2)s1. The first-order chi connectivity index (χ1) is 11.4. The molecule has 0 bridgehead atoms. The van der Waals surface area contributed by atoms with Crippen LogP contribution in [0.15, 0.2) is 27.9 Å². The molecule has 128 valence electrons. The van der Waals surface area contributed by atoms with Gasteiger partial charge in [0.25, 0.3) is 10.0 Å². The third-order valence-corrected chi connectivity index (χ3v) is 7.41. The van der Waals surface area contributed by atoms with E-state index >= 15 is 0 Å². The zero-order chi connectivity index (χ0) is 17.3. The van der Waals surface area contributed by atoms with Crippen LogP contribution < -0.4 is 10.2 Å². The number of amides is 2. The maximum Gasteiger partial charge on any atom is 0.254 e. The van der Waals surface area contributed by atoms with Crippen molar-refractivity contribution in [1.82, 2.24) is 9.29 Å². The molecule has 11 heteroatoms. The van der Waals surface area contributed by atoms with Gasteiger partial charge in [-0.1, -0.05) is 11.3 Å². The van der Waals surface area contributed by atoms with E-state index in [0.29, 0.717) is 6.54 Å². The highest BCUT2D eigenvalue weighted by Crippen LogP contribution is 2.28. The standard InChI is InChI=1S/C13H14N4O4S3/c1-9(18)15-13-14-7-12(23-13)24(20,21)16-4-5-17(10(19)8-16)11-3-2-6-22-11/h2-3,6-7H,4-5,8H2,1H3,(H,14,15,18). The van der Waals surface area contributed by atoms with Gasteiger partial charge in [0.05, 0.1) is 17.7 Å². The van der Waals surface area contributed by atoms with Crippen LogP contribution in [0.5, 0.6) is 0 Å². The lowest BCUT2D eigenvalue weighted by molar-refractivity contribution is -0.120. The number of aromatic nitrogens is 1. The zero-order valence-electron chi connectivity index (χ0n) is 12.6. The van der Waals surface area contributed by atoms with E-state index < -0.39 is 10.0 Å². The van der Waals surface area contributed by atoms with E-state index in [0.717, 1.165) is 20.6 Å². The van der Waals surface area contributed by atoms with Gasteiger partial charge in [0.1, 0.15) is 0 Å². The summed E-state index contributed by atoms with van der Waals surface area (Å²) in [5, 5.41) is 5.33. The predicted molar refractivity (Wildman–Crippen MR) is 91.8 cm³/mol. The lowest BCUT2D eigenvalue weighted by Crippen LogP contribution is -2.52. The number of nitrogens with zero attached hydrogens (tertiary/aromatic N) is 3. The summed E-state index contributed by atoms with van der Waals surface area (Å²) < 4.78 is 26.4. The molecule has 0 spiro atoms. The first kappa shape index (κ1) is 17.0. The fourth-order valence-electron chi connectivity index (χ4n) is 2.23. The fraction of sp³-hybridized carbons (Fsp3) is 0.308. The van der Waals surface area contributed by atoms with E-state index in [4.69, 9.17) is 0 Å². The molecule has 0 saturated carbocycles. The van der Waals surface area contributed by atoms with E-state index in [1.165, 1.54) is 24.5 Å². The molecule has 2 aromatic heterocycles. The Labute approximate surface area is 146 Å². The molecule has 0 aromatic carbocycles. The summed E-state index contributed by atoms with van der Waals surface area (Å²) in [6.07, 6.45) is 1.20. The van der Waals surface area contributed by atoms with E-state index in [1.54, 1.807) is 4.90 Å². The Bertz CT molecular complexity index is 860. The summed E-state index contributed by atoms with van der Waals surface area (Å²) in [6.45, 7) is 1.61. The van der Waals surface area contributed by atoms with Crippen molar-refractivity contribution in [1.29, 1.82) is 0 Å². The van der Waals surface area contributed by atoms with Gasteiger partial charge in [-0.3, -0.25) is 9.59 Å². The van der Waals surface area contributed by atoms with E-state index in [-0.39, 0.29) is 34.2 Å². The maximum absolute atomic E-state index is 12.6. The Morgan fingerprint density at radius 2 is 2.17 bits per heavy atom. The molecule has 0 radical (unpaired) electrons. The molecule has 0 aliphatic carbocycles. The summed E-state index contributed by atoms with van der Waals surface area (Å²) in [6, 6.07) is 3.67. The number of hydrogen-bond acceptors (Lipinski definition) is 7. The third kappa shape index (κ3) is 3.34. The number of anilines is 2. The summed E-state index contributed by atoms with van der Waals surface area (Å²) in [4.78, 5) is 28.8. The second-order valence-corrected chi connectivity index (χ2v) is 9.12. The normalized spacial score (nSPS) is 16.4. The minimum absolute atomic E-state index is 0.00336. The first-order valence-electron chi connectivity index (χ1n) is 6.95. The summed E-state index contributed by atoms with van der Waals surface area (Å²) >= 11 is 2.30. The molecular formula is C13H14N4O4S3. The number of carbonyl (C=O) groups excluding carboxylic acids is 2. The first-order valence-corrected chi connectivity index (χ1v) is 10.1. The Morgan fingerprint density at radius 1 is 1.38 bits per heavy atom. The van der Waals surface area contributed by atoms with Gasteiger partial charge in [-0.2, -0.15) is 4.31 Å². The van der Waals surface area contributed by atoms with Gasteiger partial charge in [0.2, 0.25) is 11.8 Å². The van der Waals surface area contributed by atoms with Gasteiger partial charge in [-0.15, -0.1) is 11.3 Å². The average molecular weight is 386 g/mol. The van der Waals surface area contributed by atoms with Crippen LogP contribution in [-0.2, 0) is 19.6 Å². The highest BCUT2D eigenvalue weighted by molar-refractivity contribution is 7.91. The molecule has 1 aliphatic rings. The van der Waals surface area contributed by atoms with Crippen molar-refractivity contribution in [3.8, 4) is 0 Å².